The van der Waals surface area contributed by atoms with Crippen LogP contribution in [0, 0.1) is 18.3 Å². The maximum absolute atomic E-state index is 9.63. The molecule has 0 aliphatic heterocycles. The molecule has 0 atom stereocenters. The molecule has 0 aliphatic rings. The predicted octanol–water partition coefficient (Wildman–Crippen LogP) is 6.27. The first-order valence-electron chi connectivity index (χ1n) is 9.88. The van der Waals surface area contributed by atoms with Crippen LogP contribution in [0.15, 0.2) is 61.1 Å². The van der Waals surface area contributed by atoms with Gasteiger partial charge in [-0.25, -0.2) is 0 Å². The van der Waals surface area contributed by atoms with Gasteiger partial charge in [-0.1, -0.05) is 24.3 Å². The number of nitrogens with one attached hydrogen (secondary N) is 2. The van der Waals surface area contributed by atoms with Crippen molar-refractivity contribution in [3.63, 3.8) is 0 Å². The largest absolute Gasteiger partial charge is 0.492 e. The molecule has 0 bridgehead atoms. The second-order valence-electron chi connectivity index (χ2n) is 7.00. The van der Waals surface area contributed by atoms with Gasteiger partial charge in [0, 0.05) is 40.7 Å². The van der Waals surface area contributed by atoms with Gasteiger partial charge in [-0.15, -0.1) is 11.6 Å². The van der Waals surface area contributed by atoms with Crippen LogP contribution in [0.3, 0.4) is 0 Å². The average molecular weight is 429 g/mol. The van der Waals surface area contributed by atoms with Crippen molar-refractivity contribution < 1.29 is 4.74 Å². The molecule has 0 unspecified atom stereocenters. The Morgan fingerprint density at radius 3 is 2.74 bits per heavy atom. The highest BCUT2D eigenvalue weighted by molar-refractivity contribution is 6.18. The summed E-state index contributed by atoms with van der Waals surface area (Å²) in [6.07, 6.45) is 9.19. The monoisotopic (exact) mass is 428 g/mol. The van der Waals surface area contributed by atoms with Crippen LogP contribution in [0.1, 0.15) is 22.3 Å². The van der Waals surface area contributed by atoms with Crippen molar-refractivity contribution in [3.05, 3.63) is 83.3 Å². The number of halogens is 1. The number of aromatic nitrogens is 2. The summed E-state index contributed by atoms with van der Waals surface area (Å²) in [6.45, 7) is 2.54. The Hall–Kier alpha value is -3.75. The van der Waals surface area contributed by atoms with Gasteiger partial charge >= 0.3 is 0 Å². The van der Waals surface area contributed by atoms with Gasteiger partial charge in [0.05, 0.1) is 17.1 Å². The van der Waals surface area contributed by atoms with E-state index in [1.165, 1.54) is 0 Å². The minimum Gasteiger partial charge on any atom is -0.492 e. The van der Waals surface area contributed by atoms with Crippen LogP contribution in [-0.2, 0) is 0 Å². The summed E-state index contributed by atoms with van der Waals surface area (Å²) >= 11 is 5.66. The molecule has 154 valence electrons. The maximum Gasteiger partial charge on any atom is 0.119 e. The zero-order valence-electron chi connectivity index (χ0n) is 17.0. The second kappa shape index (κ2) is 9.38. The average Bonchev–Trinajstić information content (AvgIpc) is 3.29. The van der Waals surface area contributed by atoms with Crippen molar-refractivity contribution in [1.29, 1.82) is 5.26 Å². The summed E-state index contributed by atoms with van der Waals surface area (Å²) < 4.78 is 5.51. The Morgan fingerprint density at radius 1 is 1.13 bits per heavy atom. The second-order valence-corrected chi connectivity index (χ2v) is 7.38. The number of aromatic amines is 1. The topological polar surface area (TPSA) is 73.7 Å². The van der Waals surface area contributed by atoms with Gasteiger partial charge in [-0.05, 0) is 48.4 Å². The summed E-state index contributed by atoms with van der Waals surface area (Å²) in [5, 5.41) is 14.2. The molecule has 2 aromatic carbocycles. The molecule has 6 heteroatoms. The van der Waals surface area contributed by atoms with E-state index in [-0.39, 0.29) is 0 Å². The van der Waals surface area contributed by atoms with E-state index in [9.17, 15) is 5.26 Å². The van der Waals surface area contributed by atoms with Gasteiger partial charge in [0.15, 0.2) is 0 Å². The number of pyridine rings is 1. The van der Waals surface area contributed by atoms with Crippen molar-refractivity contribution in [2.75, 3.05) is 17.8 Å². The van der Waals surface area contributed by atoms with Gasteiger partial charge < -0.3 is 15.0 Å². The van der Waals surface area contributed by atoms with Crippen LogP contribution >= 0.6 is 11.6 Å². The number of hydrogen-bond donors (Lipinski definition) is 2. The van der Waals surface area contributed by atoms with Crippen molar-refractivity contribution in [2.45, 2.75) is 6.92 Å². The van der Waals surface area contributed by atoms with E-state index in [1.807, 2.05) is 54.7 Å². The number of ether oxygens (including phenoxy) is 1. The van der Waals surface area contributed by atoms with Gasteiger partial charge in [0.1, 0.15) is 18.4 Å². The minimum absolute atomic E-state index is 0.455. The fourth-order valence-corrected chi connectivity index (χ4v) is 3.48. The molecule has 0 amide bonds. The van der Waals surface area contributed by atoms with E-state index >= 15 is 0 Å². The number of rotatable bonds is 7. The molecule has 2 N–H and O–H groups in total. The molecule has 4 aromatic rings. The molecule has 2 heterocycles. The molecular formula is C25H21ClN4O. The number of hydrogen-bond acceptors (Lipinski definition) is 4. The van der Waals surface area contributed by atoms with E-state index in [0.717, 1.165) is 44.7 Å². The molecule has 4 rings (SSSR count). The molecular weight excluding hydrogens is 408 g/mol. The highest BCUT2D eigenvalue weighted by Crippen LogP contribution is 2.31. The summed E-state index contributed by atoms with van der Waals surface area (Å²) in [4.78, 5) is 7.45. The lowest BCUT2D eigenvalue weighted by Crippen LogP contribution is -1.99. The van der Waals surface area contributed by atoms with Crippen molar-refractivity contribution in [3.8, 4) is 11.8 Å². The number of alkyl halides is 1. The van der Waals surface area contributed by atoms with Gasteiger partial charge in [-0.2, -0.15) is 5.26 Å². The normalized spacial score (nSPS) is 11.0. The number of fused-ring (bicyclic) bond motifs is 1. The summed E-state index contributed by atoms with van der Waals surface area (Å²) in [5.41, 5.74) is 6.20. The van der Waals surface area contributed by atoms with Crippen molar-refractivity contribution in [1.82, 2.24) is 9.97 Å². The Morgan fingerprint density at radius 2 is 1.97 bits per heavy atom. The third-order valence-corrected chi connectivity index (χ3v) is 5.19. The lowest BCUT2D eigenvalue weighted by molar-refractivity contribution is 0.343. The molecule has 0 fully saturated rings. The van der Waals surface area contributed by atoms with E-state index in [2.05, 4.69) is 34.3 Å². The number of nitriles is 1. The fraction of sp³-hybridized carbons (Fsp3) is 0.120. The minimum atomic E-state index is 0.455. The summed E-state index contributed by atoms with van der Waals surface area (Å²) in [7, 11) is 0. The highest BCUT2D eigenvalue weighted by Gasteiger charge is 2.11. The number of anilines is 2. The van der Waals surface area contributed by atoms with Gasteiger partial charge in [0.2, 0.25) is 0 Å². The first-order valence-corrected chi connectivity index (χ1v) is 10.4. The predicted molar refractivity (Wildman–Crippen MR) is 127 cm³/mol. The lowest BCUT2D eigenvalue weighted by Gasteiger charge is -2.14. The van der Waals surface area contributed by atoms with Crippen molar-refractivity contribution in [2.24, 2.45) is 0 Å². The molecule has 5 nitrogen and oxygen atoms in total. The summed E-state index contributed by atoms with van der Waals surface area (Å²) in [5.74, 6) is 1.24. The number of aryl methyl sites for hydroxylation is 1. The van der Waals surface area contributed by atoms with Crippen molar-refractivity contribution >= 4 is 46.0 Å². The molecule has 0 aliphatic carbocycles. The van der Waals surface area contributed by atoms with Gasteiger partial charge in [0.25, 0.3) is 0 Å². The SMILES string of the molecule is Cc1c(Nc2c(C#N)cncc2/C=C/c2ccc(OCCCl)cc2)ccc2[nH]ccc12. The molecule has 0 radical (unpaired) electrons. The third kappa shape index (κ3) is 4.55. The Bertz CT molecular complexity index is 1270. The smallest absolute Gasteiger partial charge is 0.119 e. The lowest BCUT2D eigenvalue weighted by atomic mass is 10.1. The van der Waals surface area contributed by atoms with Crippen LogP contribution in [0.2, 0.25) is 0 Å². The number of benzene rings is 2. The number of H-pyrrole nitrogens is 1. The third-order valence-electron chi connectivity index (χ3n) is 5.04. The summed E-state index contributed by atoms with van der Waals surface area (Å²) in [6, 6.07) is 16.1. The molecule has 31 heavy (non-hydrogen) atoms. The Labute approximate surface area is 186 Å². The van der Waals surface area contributed by atoms with E-state index in [1.54, 1.807) is 12.4 Å². The first-order chi connectivity index (χ1) is 15.2. The Balaban J connectivity index is 1.63. The standard InChI is InChI=1S/C25H21ClN4O/c1-17-22-10-12-29-24(22)9-8-23(17)30-25-19(15-28-16-20(25)14-27)5-2-18-3-6-21(7-4-18)31-13-11-26/h2-10,12,15-16,29H,11,13H2,1H3,(H,28,30)/b5-2+. The Kier molecular flexibility index (Phi) is 6.21. The van der Waals surface area contributed by atoms with E-state index in [4.69, 9.17) is 16.3 Å². The van der Waals surface area contributed by atoms with Gasteiger partial charge in [-0.3, -0.25) is 4.98 Å². The number of nitrogens with zero attached hydrogens (tertiary/aromatic N) is 2. The fourth-order valence-electron chi connectivity index (χ4n) is 3.40. The molecule has 2 aromatic heterocycles. The van der Waals surface area contributed by atoms with Crippen LogP contribution < -0.4 is 10.1 Å². The van der Waals surface area contributed by atoms with Crippen LogP contribution in [0.25, 0.3) is 23.1 Å². The molecule has 0 spiro atoms. The maximum atomic E-state index is 9.63. The van der Waals surface area contributed by atoms with Crippen LogP contribution in [0.4, 0.5) is 11.4 Å². The quantitative estimate of drug-likeness (QED) is 0.340. The van der Waals surface area contributed by atoms with Crippen LogP contribution in [0.5, 0.6) is 5.75 Å². The molecule has 0 saturated carbocycles. The van der Waals surface area contributed by atoms with E-state index < -0.39 is 0 Å². The van der Waals surface area contributed by atoms with Crippen LogP contribution in [-0.4, -0.2) is 22.5 Å². The highest BCUT2D eigenvalue weighted by atomic mass is 35.5. The first kappa shape index (κ1) is 20.5. The van der Waals surface area contributed by atoms with E-state index in [0.29, 0.717) is 18.1 Å². The molecule has 0 saturated heterocycles. The zero-order valence-corrected chi connectivity index (χ0v) is 17.8. The zero-order chi connectivity index (χ0) is 21.6.